The molecule has 0 radical (unpaired) electrons. The maximum absolute atomic E-state index is 6.07. The van der Waals surface area contributed by atoms with E-state index in [-0.39, 0.29) is 24.0 Å². The summed E-state index contributed by atoms with van der Waals surface area (Å²) in [5.74, 6) is 3.13. The first-order valence-corrected chi connectivity index (χ1v) is 11.1. The number of rotatable bonds is 12. The van der Waals surface area contributed by atoms with Crippen LogP contribution in [-0.4, -0.2) is 52.1 Å². The maximum Gasteiger partial charge on any atom is 0.191 e. The molecule has 0 spiro atoms. The van der Waals surface area contributed by atoms with Crippen molar-refractivity contribution in [2.24, 2.45) is 16.8 Å². The summed E-state index contributed by atoms with van der Waals surface area (Å²) in [5, 5.41) is 6.72. The molecule has 1 saturated heterocycles. The Morgan fingerprint density at radius 1 is 1.17 bits per heavy atom. The van der Waals surface area contributed by atoms with E-state index in [1.807, 2.05) is 0 Å². The van der Waals surface area contributed by atoms with Crippen LogP contribution in [0.1, 0.15) is 43.7 Å². The number of nitrogens with one attached hydrogen (secondary N) is 2. The number of aryl methyl sites for hydroxylation is 1. The zero-order valence-electron chi connectivity index (χ0n) is 18.5. The quantitative estimate of drug-likeness (QED) is 0.186. The van der Waals surface area contributed by atoms with Gasteiger partial charge in [0, 0.05) is 37.8 Å². The third-order valence-electron chi connectivity index (χ3n) is 5.28. The molecule has 1 heterocycles. The fourth-order valence-electron chi connectivity index (χ4n) is 3.27. The Labute approximate surface area is 198 Å². The molecule has 1 atom stereocenters. The van der Waals surface area contributed by atoms with Crippen LogP contribution in [0, 0.1) is 18.8 Å². The van der Waals surface area contributed by atoms with Crippen molar-refractivity contribution in [3.05, 3.63) is 29.3 Å². The zero-order valence-corrected chi connectivity index (χ0v) is 20.8. The Morgan fingerprint density at radius 2 is 2.03 bits per heavy atom. The molecule has 0 bridgehead atoms. The maximum atomic E-state index is 6.07. The molecule has 0 amide bonds. The van der Waals surface area contributed by atoms with E-state index in [4.69, 9.17) is 19.2 Å². The van der Waals surface area contributed by atoms with Crippen molar-refractivity contribution in [2.45, 2.75) is 46.1 Å². The second-order valence-electron chi connectivity index (χ2n) is 8.15. The van der Waals surface area contributed by atoms with E-state index in [0.29, 0.717) is 12.5 Å². The molecule has 3 rings (SSSR count). The van der Waals surface area contributed by atoms with E-state index in [1.165, 1.54) is 18.4 Å². The second kappa shape index (κ2) is 14.1. The van der Waals surface area contributed by atoms with Gasteiger partial charge in [-0.15, -0.1) is 24.0 Å². The summed E-state index contributed by atoms with van der Waals surface area (Å²) < 4.78 is 17.2. The molecule has 1 aliphatic heterocycles. The molecular weight excluding hydrogens is 493 g/mol. The zero-order chi connectivity index (χ0) is 20.3. The lowest BCUT2D eigenvalue weighted by Crippen LogP contribution is -2.38. The molecule has 30 heavy (non-hydrogen) atoms. The molecule has 170 valence electrons. The SMILES string of the molecule is CCNC(=NCc1ccc(C)cc1OCC1CC1)NCCCOCC1CCOC1.I. The predicted octanol–water partition coefficient (Wildman–Crippen LogP) is 3.90. The fourth-order valence-corrected chi connectivity index (χ4v) is 3.27. The van der Waals surface area contributed by atoms with E-state index >= 15 is 0 Å². The number of hydrogen-bond donors (Lipinski definition) is 2. The van der Waals surface area contributed by atoms with E-state index in [0.717, 1.165) is 82.2 Å². The average molecular weight is 531 g/mol. The molecule has 1 aromatic rings. The minimum absolute atomic E-state index is 0. The van der Waals surface area contributed by atoms with Crippen LogP contribution >= 0.6 is 24.0 Å². The Morgan fingerprint density at radius 3 is 2.77 bits per heavy atom. The lowest BCUT2D eigenvalue weighted by molar-refractivity contribution is 0.0888. The fraction of sp³-hybridized carbons (Fsp3) is 0.696. The van der Waals surface area contributed by atoms with Crippen molar-refractivity contribution < 1.29 is 14.2 Å². The van der Waals surface area contributed by atoms with Crippen molar-refractivity contribution in [3.8, 4) is 5.75 Å². The molecule has 2 fully saturated rings. The highest BCUT2D eigenvalue weighted by atomic mass is 127. The van der Waals surface area contributed by atoms with E-state index in [1.54, 1.807) is 0 Å². The smallest absolute Gasteiger partial charge is 0.191 e. The Kier molecular flexibility index (Phi) is 11.8. The Balaban J connectivity index is 0.00000320. The van der Waals surface area contributed by atoms with Crippen LogP contribution in [0.15, 0.2) is 23.2 Å². The topological polar surface area (TPSA) is 64.1 Å². The largest absolute Gasteiger partial charge is 0.493 e. The predicted molar refractivity (Wildman–Crippen MR) is 132 cm³/mol. The summed E-state index contributed by atoms with van der Waals surface area (Å²) in [5.41, 5.74) is 2.35. The standard InChI is InChI=1S/C23H37N3O3.HI/c1-3-24-23(25-10-4-11-27-15-20-9-12-28-16-20)26-14-21-8-5-18(2)13-22(21)29-17-19-6-7-19;/h5,8,13,19-20H,3-4,6-7,9-12,14-17H2,1-2H3,(H2,24,25,26);1H. The van der Waals surface area contributed by atoms with Crippen LogP contribution in [0.2, 0.25) is 0 Å². The molecule has 7 heteroatoms. The van der Waals surface area contributed by atoms with Gasteiger partial charge in [-0.25, -0.2) is 4.99 Å². The number of nitrogens with zero attached hydrogens (tertiary/aromatic N) is 1. The molecule has 1 unspecified atom stereocenters. The highest BCUT2D eigenvalue weighted by Crippen LogP contribution is 2.30. The minimum Gasteiger partial charge on any atom is -0.493 e. The van der Waals surface area contributed by atoms with Crippen molar-refractivity contribution >= 4 is 29.9 Å². The van der Waals surface area contributed by atoms with Crippen LogP contribution in [-0.2, 0) is 16.0 Å². The lowest BCUT2D eigenvalue weighted by atomic mass is 10.1. The molecule has 1 aliphatic carbocycles. The van der Waals surface area contributed by atoms with Crippen LogP contribution in [0.25, 0.3) is 0 Å². The van der Waals surface area contributed by atoms with Crippen molar-refractivity contribution in [3.63, 3.8) is 0 Å². The molecule has 1 aromatic carbocycles. The average Bonchev–Trinajstić information content (AvgIpc) is 3.41. The number of aliphatic imine (C=N–C) groups is 1. The number of guanidine groups is 1. The van der Waals surface area contributed by atoms with Gasteiger partial charge < -0.3 is 24.8 Å². The monoisotopic (exact) mass is 531 g/mol. The van der Waals surface area contributed by atoms with Gasteiger partial charge in [-0.05, 0) is 57.1 Å². The normalized spacial score (nSPS) is 18.7. The van der Waals surface area contributed by atoms with Gasteiger partial charge in [0.25, 0.3) is 0 Å². The van der Waals surface area contributed by atoms with Crippen LogP contribution in [0.4, 0.5) is 0 Å². The van der Waals surface area contributed by atoms with Crippen molar-refractivity contribution in [1.82, 2.24) is 10.6 Å². The van der Waals surface area contributed by atoms with Crippen LogP contribution in [0.3, 0.4) is 0 Å². The minimum atomic E-state index is 0. The Bertz CT molecular complexity index is 647. The van der Waals surface area contributed by atoms with Gasteiger partial charge in [0.1, 0.15) is 5.75 Å². The molecule has 6 nitrogen and oxygen atoms in total. The van der Waals surface area contributed by atoms with Crippen LogP contribution in [0.5, 0.6) is 5.75 Å². The molecule has 1 saturated carbocycles. The van der Waals surface area contributed by atoms with E-state index in [2.05, 4.69) is 42.7 Å². The number of ether oxygens (including phenoxy) is 3. The number of halogens is 1. The van der Waals surface area contributed by atoms with Gasteiger partial charge in [-0.3, -0.25) is 0 Å². The summed E-state index contributed by atoms with van der Waals surface area (Å²) in [7, 11) is 0. The molecule has 2 aliphatic rings. The first-order valence-electron chi connectivity index (χ1n) is 11.1. The number of benzene rings is 1. The first kappa shape index (κ1) is 25.2. The van der Waals surface area contributed by atoms with Gasteiger partial charge in [-0.2, -0.15) is 0 Å². The van der Waals surface area contributed by atoms with Gasteiger partial charge in [0.15, 0.2) is 5.96 Å². The first-order chi connectivity index (χ1) is 14.2. The third-order valence-corrected chi connectivity index (χ3v) is 5.28. The van der Waals surface area contributed by atoms with Gasteiger partial charge in [0.05, 0.1) is 26.4 Å². The second-order valence-corrected chi connectivity index (χ2v) is 8.15. The highest BCUT2D eigenvalue weighted by Gasteiger charge is 2.22. The van der Waals surface area contributed by atoms with E-state index in [9.17, 15) is 0 Å². The van der Waals surface area contributed by atoms with Gasteiger partial charge in [-0.1, -0.05) is 12.1 Å². The third kappa shape index (κ3) is 9.39. The Hall–Kier alpha value is -1.06. The summed E-state index contributed by atoms with van der Waals surface area (Å²) in [4.78, 5) is 4.75. The highest BCUT2D eigenvalue weighted by molar-refractivity contribution is 14.0. The summed E-state index contributed by atoms with van der Waals surface area (Å²) in [6.07, 6.45) is 4.68. The van der Waals surface area contributed by atoms with Crippen molar-refractivity contribution in [1.29, 1.82) is 0 Å². The molecule has 2 N–H and O–H groups in total. The van der Waals surface area contributed by atoms with Gasteiger partial charge in [0.2, 0.25) is 0 Å². The van der Waals surface area contributed by atoms with Gasteiger partial charge >= 0.3 is 0 Å². The van der Waals surface area contributed by atoms with E-state index < -0.39 is 0 Å². The summed E-state index contributed by atoms with van der Waals surface area (Å²) in [6.45, 7) is 10.6. The van der Waals surface area contributed by atoms with Crippen LogP contribution < -0.4 is 15.4 Å². The summed E-state index contributed by atoms with van der Waals surface area (Å²) >= 11 is 0. The summed E-state index contributed by atoms with van der Waals surface area (Å²) in [6, 6.07) is 6.38. The van der Waals surface area contributed by atoms with Crippen molar-refractivity contribution in [2.75, 3.05) is 46.1 Å². The molecule has 0 aromatic heterocycles. The molecular formula is C23H38IN3O3. The lowest BCUT2D eigenvalue weighted by Gasteiger charge is -2.14. The number of hydrogen-bond acceptors (Lipinski definition) is 4.